The van der Waals surface area contributed by atoms with E-state index in [2.05, 4.69) is 32.8 Å². The Kier molecular flexibility index (Phi) is 5.60. The number of likely N-dealkylation sites (tertiary alicyclic amines) is 1. The summed E-state index contributed by atoms with van der Waals surface area (Å²) in [5.41, 5.74) is 0.643. The topological polar surface area (TPSA) is 85.2 Å². The van der Waals surface area contributed by atoms with Crippen molar-refractivity contribution in [2.24, 2.45) is 0 Å². The lowest BCUT2D eigenvalue weighted by Crippen LogP contribution is -2.43. The van der Waals surface area contributed by atoms with Crippen LogP contribution in [0.3, 0.4) is 0 Å². The normalized spacial score (nSPS) is 15.9. The van der Waals surface area contributed by atoms with Crippen molar-refractivity contribution in [3.05, 3.63) is 35.7 Å². The Morgan fingerprint density at radius 2 is 2.00 bits per heavy atom. The molecule has 25 heavy (non-hydrogen) atoms. The minimum absolute atomic E-state index is 0.0315. The van der Waals surface area contributed by atoms with Gasteiger partial charge in [0.25, 0.3) is 5.91 Å². The number of aryl methyl sites for hydroxylation is 1. The minimum atomic E-state index is -0.0315. The molecular weight excluding hydrogens is 320 g/mol. The number of nitrogens with one attached hydrogen (secondary N) is 1. The molecule has 1 fully saturated rings. The first-order valence-electron chi connectivity index (χ1n) is 8.63. The third-order valence-corrected chi connectivity index (χ3v) is 4.44. The molecule has 1 aliphatic heterocycles. The first kappa shape index (κ1) is 17.3. The first-order chi connectivity index (χ1) is 12.2. The van der Waals surface area contributed by atoms with Crippen LogP contribution in [-0.4, -0.2) is 57.2 Å². The van der Waals surface area contributed by atoms with Crippen LogP contribution in [0.4, 0.5) is 0 Å². The van der Waals surface area contributed by atoms with Crippen LogP contribution in [0.5, 0.6) is 5.75 Å². The predicted molar refractivity (Wildman–Crippen MR) is 92.3 cm³/mol. The fourth-order valence-corrected chi connectivity index (χ4v) is 2.84. The monoisotopic (exact) mass is 344 g/mol. The van der Waals surface area contributed by atoms with Gasteiger partial charge in [0.1, 0.15) is 12.4 Å². The van der Waals surface area contributed by atoms with E-state index in [0.29, 0.717) is 30.3 Å². The van der Waals surface area contributed by atoms with Crippen molar-refractivity contribution in [3.8, 4) is 5.75 Å². The average Bonchev–Trinajstić information content (AvgIpc) is 3.10. The van der Waals surface area contributed by atoms with E-state index >= 15 is 0 Å². The van der Waals surface area contributed by atoms with E-state index in [1.807, 2.05) is 6.92 Å². The summed E-state index contributed by atoms with van der Waals surface area (Å²) in [4.78, 5) is 14.6. The molecule has 1 aromatic heterocycles. The van der Waals surface area contributed by atoms with Crippen LogP contribution in [0.25, 0.3) is 0 Å². The third-order valence-electron chi connectivity index (χ3n) is 4.44. The Hall–Kier alpha value is -2.48. The van der Waals surface area contributed by atoms with Crippen molar-refractivity contribution in [3.63, 3.8) is 0 Å². The lowest BCUT2D eigenvalue weighted by Gasteiger charge is -2.29. The number of amides is 1. The molecule has 0 aliphatic carbocycles. The number of carbonyl (C=O) groups excluding carboxylic acids is 1. The highest BCUT2D eigenvalue weighted by atomic mass is 16.5. The van der Waals surface area contributed by atoms with Crippen molar-refractivity contribution in [2.75, 3.05) is 20.1 Å². The zero-order valence-corrected chi connectivity index (χ0v) is 14.7. The van der Waals surface area contributed by atoms with Crippen molar-refractivity contribution in [1.29, 1.82) is 0 Å². The highest BCUT2D eigenvalue weighted by Gasteiger charge is 2.19. The van der Waals surface area contributed by atoms with Crippen LogP contribution in [0.15, 0.2) is 24.3 Å². The van der Waals surface area contributed by atoms with Crippen LogP contribution in [0, 0.1) is 0 Å². The molecule has 1 aliphatic rings. The molecule has 8 heteroatoms. The molecule has 0 bridgehead atoms. The zero-order chi connectivity index (χ0) is 17.6. The average molecular weight is 344 g/mol. The second kappa shape index (κ2) is 8.06. The molecule has 1 amide bonds. The van der Waals surface area contributed by atoms with Gasteiger partial charge in [0.05, 0.1) is 0 Å². The SMILES string of the molecule is CCn1nnnc1COc1ccc(C(=O)NC2CCN(C)CC2)cc1. The fraction of sp³-hybridized carbons (Fsp3) is 0.529. The molecule has 134 valence electrons. The summed E-state index contributed by atoms with van der Waals surface area (Å²) in [7, 11) is 2.11. The number of ether oxygens (including phenoxy) is 1. The number of tetrazole rings is 1. The van der Waals surface area contributed by atoms with Gasteiger partial charge in [0.15, 0.2) is 5.82 Å². The third kappa shape index (κ3) is 4.54. The zero-order valence-electron chi connectivity index (χ0n) is 14.7. The van der Waals surface area contributed by atoms with Gasteiger partial charge in [-0.1, -0.05) is 0 Å². The van der Waals surface area contributed by atoms with Crippen LogP contribution < -0.4 is 10.1 Å². The second-order valence-corrected chi connectivity index (χ2v) is 6.27. The summed E-state index contributed by atoms with van der Waals surface area (Å²) in [6.45, 7) is 5.01. The first-order valence-corrected chi connectivity index (χ1v) is 8.63. The van der Waals surface area contributed by atoms with Crippen molar-refractivity contribution in [2.45, 2.75) is 39.0 Å². The molecule has 8 nitrogen and oxygen atoms in total. The van der Waals surface area contributed by atoms with Crippen LogP contribution in [0.1, 0.15) is 35.9 Å². The Balaban J connectivity index is 1.52. The molecule has 0 unspecified atom stereocenters. The number of nitrogens with zero attached hydrogens (tertiary/aromatic N) is 5. The maximum Gasteiger partial charge on any atom is 0.251 e. The van der Waals surface area contributed by atoms with Crippen molar-refractivity contribution < 1.29 is 9.53 Å². The fourth-order valence-electron chi connectivity index (χ4n) is 2.84. The van der Waals surface area contributed by atoms with Gasteiger partial charge < -0.3 is 15.0 Å². The molecular formula is C17H24N6O2. The lowest BCUT2D eigenvalue weighted by molar-refractivity contribution is 0.0917. The molecule has 0 spiro atoms. The van der Waals surface area contributed by atoms with Gasteiger partial charge in [-0.15, -0.1) is 5.10 Å². The van der Waals surface area contributed by atoms with Gasteiger partial charge in [0, 0.05) is 18.2 Å². The largest absolute Gasteiger partial charge is 0.486 e. The van der Waals surface area contributed by atoms with Gasteiger partial charge in [-0.3, -0.25) is 4.79 Å². The number of piperidine rings is 1. The maximum atomic E-state index is 12.3. The van der Waals surface area contributed by atoms with Gasteiger partial charge in [-0.2, -0.15) is 0 Å². The Labute approximate surface area is 147 Å². The molecule has 0 atom stereocenters. The summed E-state index contributed by atoms with van der Waals surface area (Å²) in [6, 6.07) is 7.41. The quantitative estimate of drug-likeness (QED) is 0.844. The molecule has 2 heterocycles. The highest BCUT2D eigenvalue weighted by Crippen LogP contribution is 2.15. The summed E-state index contributed by atoms with van der Waals surface area (Å²) in [6.07, 6.45) is 1.99. The summed E-state index contributed by atoms with van der Waals surface area (Å²) >= 11 is 0. The Bertz CT molecular complexity index is 691. The molecule has 0 saturated carbocycles. The second-order valence-electron chi connectivity index (χ2n) is 6.27. The van der Waals surface area contributed by atoms with E-state index in [-0.39, 0.29) is 11.9 Å². The van der Waals surface area contributed by atoms with Crippen LogP contribution >= 0.6 is 0 Å². The molecule has 0 radical (unpaired) electrons. The van der Waals surface area contributed by atoms with Crippen LogP contribution in [0.2, 0.25) is 0 Å². The van der Waals surface area contributed by atoms with E-state index in [1.54, 1.807) is 28.9 Å². The summed E-state index contributed by atoms with van der Waals surface area (Å²) < 4.78 is 7.37. The molecule has 2 aromatic rings. The van der Waals surface area contributed by atoms with Gasteiger partial charge in [-0.25, -0.2) is 4.68 Å². The minimum Gasteiger partial charge on any atom is -0.486 e. The standard InChI is InChI=1S/C17H24N6O2/c1-3-23-16(19-20-21-23)12-25-15-6-4-13(5-7-15)17(24)18-14-8-10-22(2)11-9-14/h4-7,14H,3,8-12H2,1-2H3,(H,18,24). The van der Waals surface area contributed by atoms with E-state index in [0.717, 1.165) is 25.9 Å². The number of rotatable bonds is 6. The highest BCUT2D eigenvalue weighted by molar-refractivity contribution is 5.94. The lowest BCUT2D eigenvalue weighted by atomic mass is 10.0. The number of hydrogen-bond acceptors (Lipinski definition) is 6. The predicted octanol–water partition coefficient (Wildman–Crippen LogP) is 1.10. The summed E-state index contributed by atoms with van der Waals surface area (Å²) in [5, 5.41) is 14.5. The van der Waals surface area contributed by atoms with Crippen LogP contribution in [-0.2, 0) is 13.2 Å². The van der Waals surface area contributed by atoms with Gasteiger partial charge in [-0.05, 0) is 74.6 Å². The Morgan fingerprint density at radius 3 is 2.68 bits per heavy atom. The Morgan fingerprint density at radius 1 is 1.28 bits per heavy atom. The molecule has 3 rings (SSSR count). The van der Waals surface area contributed by atoms with E-state index in [1.165, 1.54) is 0 Å². The number of benzene rings is 1. The molecule has 1 aromatic carbocycles. The van der Waals surface area contributed by atoms with E-state index in [9.17, 15) is 4.79 Å². The van der Waals surface area contributed by atoms with E-state index in [4.69, 9.17) is 4.74 Å². The van der Waals surface area contributed by atoms with Gasteiger partial charge >= 0.3 is 0 Å². The van der Waals surface area contributed by atoms with Gasteiger partial charge in [0.2, 0.25) is 0 Å². The number of carbonyl (C=O) groups is 1. The molecule has 1 saturated heterocycles. The van der Waals surface area contributed by atoms with E-state index < -0.39 is 0 Å². The van der Waals surface area contributed by atoms with Crippen molar-refractivity contribution >= 4 is 5.91 Å². The summed E-state index contributed by atoms with van der Waals surface area (Å²) in [5.74, 6) is 1.32. The molecule has 1 N–H and O–H groups in total. The number of aromatic nitrogens is 4. The smallest absolute Gasteiger partial charge is 0.251 e. The number of hydrogen-bond donors (Lipinski definition) is 1. The maximum absolute atomic E-state index is 12.3. The van der Waals surface area contributed by atoms with Crippen molar-refractivity contribution in [1.82, 2.24) is 30.4 Å².